The molecule has 0 fully saturated rings. The molecule has 2 aromatic rings. The second kappa shape index (κ2) is 8.07. The van der Waals surface area contributed by atoms with E-state index in [9.17, 15) is 9.59 Å². The molecule has 0 saturated heterocycles. The molecule has 0 aliphatic heterocycles. The van der Waals surface area contributed by atoms with Crippen molar-refractivity contribution in [2.24, 2.45) is 0 Å². The summed E-state index contributed by atoms with van der Waals surface area (Å²) in [7, 11) is 0. The summed E-state index contributed by atoms with van der Waals surface area (Å²) in [5, 5.41) is 8.75. The van der Waals surface area contributed by atoms with Gasteiger partial charge in [-0.2, -0.15) is 5.26 Å². The first-order valence-electron chi connectivity index (χ1n) is 7.91. The number of Topliss-reactive ketones (excluding diaryl/α,β-unsaturated/α-hetero) is 1. The number of carbonyl (C=O) groups excluding carboxylic acids is 2. The highest BCUT2D eigenvalue weighted by molar-refractivity contribution is 6.02. The van der Waals surface area contributed by atoms with E-state index >= 15 is 0 Å². The third kappa shape index (κ3) is 4.89. The molecule has 0 saturated carbocycles. The molecule has 1 atom stereocenters. The lowest BCUT2D eigenvalue weighted by Gasteiger charge is -2.13. The van der Waals surface area contributed by atoms with Crippen LogP contribution in [0, 0.1) is 25.2 Å². The highest BCUT2D eigenvalue weighted by Crippen LogP contribution is 2.14. The molecule has 0 spiro atoms. The number of ether oxygens (including phenoxy) is 1. The molecule has 0 bridgehead atoms. The number of hydrogen-bond acceptors (Lipinski definition) is 4. The molecule has 2 rings (SSSR count). The Hall–Kier alpha value is -3.19. The van der Waals surface area contributed by atoms with E-state index in [-0.39, 0.29) is 5.78 Å². The molecule has 0 aliphatic carbocycles. The molecule has 2 aromatic carbocycles. The molecule has 0 unspecified atom stereocenters. The van der Waals surface area contributed by atoms with Crippen molar-refractivity contribution in [3.05, 3.63) is 76.4 Å². The molecule has 0 heterocycles. The maximum atomic E-state index is 12.5. The second-order valence-corrected chi connectivity index (χ2v) is 5.83. The van der Waals surface area contributed by atoms with E-state index in [0.717, 1.165) is 16.7 Å². The first-order valence-corrected chi connectivity index (χ1v) is 7.91. The van der Waals surface area contributed by atoms with Crippen molar-refractivity contribution in [1.82, 2.24) is 0 Å². The number of carbonyl (C=O) groups is 2. The molecule has 0 aliphatic rings. The maximum absolute atomic E-state index is 12.5. The van der Waals surface area contributed by atoms with Gasteiger partial charge in [-0.15, -0.1) is 0 Å². The number of aryl methyl sites for hydroxylation is 2. The van der Waals surface area contributed by atoms with E-state index in [1.165, 1.54) is 6.08 Å². The number of nitrogens with zero attached hydrogens (tertiary/aromatic N) is 1. The van der Waals surface area contributed by atoms with Crippen molar-refractivity contribution in [2.75, 3.05) is 0 Å². The van der Waals surface area contributed by atoms with Crippen LogP contribution in [0.15, 0.2) is 48.5 Å². The van der Waals surface area contributed by atoms with Gasteiger partial charge in [0.05, 0.1) is 11.6 Å². The lowest BCUT2D eigenvalue weighted by atomic mass is 9.99. The summed E-state index contributed by atoms with van der Waals surface area (Å²) >= 11 is 0. The SMILES string of the molecule is Cc1ccc(C)c(C(=O)[C@H](C)OC(=O)/C=C/c2ccc(C#N)cc2)c1. The smallest absolute Gasteiger partial charge is 0.331 e. The molecule has 4 heteroatoms. The van der Waals surface area contributed by atoms with Crippen molar-refractivity contribution < 1.29 is 14.3 Å². The van der Waals surface area contributed by atoms with Crippen LogP contribution in [-0.4, -0.2) is 17.9 Å². The topological polar surface area (TPSA) is 67.2 Å². The van der Waals surface area contributed by atoms with Crippen LogP contribution >= 0.6 is 0 Å². The number of esters is 1. The largest absolute Gasteiger partial charge is 0.451 e. The predicted molar refractivity (Wildman–Crippen MR) is 96.0 cm³/mol. The van der Waals surface area contributed by atoms with Gasteiger partial charge < -0.3 is 4.74 Å². The van der Waals surface area contributed by atoms with Gasteiger partial charge in [-0.1, -0.05) is 29.8 Å². The van der Waals surface area contributed by atoms with Crippen LogP contribution in [0.3, 0.4) is 0 Å². The third-order valence-corrected chi connectivity index (χ3v) is 3.77. The van der Waals surface area contributed by atoms with E-state index in [2.05, 4.69) is 0 Å². The number of hydrogen-bond donors (Lipinski definition) is 0. The molecule has 0 radical (unpaired) electrons. The summed E-state index contributed by atoms with van der Waals surface area (Å²) < 4.78 is 5.20. The van der Waals surface area contributed by atoms with Gasteiger partial charge in [-0.3, -0.25) is 4.79 Å². The molecular formula is C21H19NO3. The van der Waals surface area contributed by atoms with Crippen molar-refractivity contribution in [3.8, 4) is 6.07 Å². The minimum Gasteiger partial charge on any atom is -0.451 e. The standard InChI is InChI=1S/C21H19NO3/c1-14-4-5-15(2)19(12-14)21(24)16(3)25-20(23)11-10-17-6-8-18(13-22)9-7-17/h4-12,16H,1-3H3/b11-10+/t16-/m0/s1. The highest BCUT2D eigenvalue weighted by atomic mass is 16.5. The van der Waals surface area contributed by atoms with E-state index in [1.54, 1.807) is 43.3 Å². The van der Waals surface area contributed by atoms with E-state index in [1.807, 2.05) is 32.0 Å². The van der Waals surface area contributed by atoms with Gasteiger partial charge in [0.25, 0.3) is 0 Å². The van der Waals surface area contributed by atoms with Crippen LogP contribution in [0.1, 0.15) is 39.5 Å². The van der Waals surface area contributed by atoms with Crippen LogP contribution < -0.4 is 0 Å². The van der Waals surface area contributed by atoms with Crippen LogP contribution in [0.2, 0.25) is 0 Å². The number of rotatable bonds is 5. The molecule has 0 amide bonds. The Morgan fingerprint density at radius 2 is 1.80 bits per heavy atom. The monoisotopic (exact) mass is 333 g/mol. The Labute approximate surface area is 147 Å². The summed E-state index contributed by atoms with van der Waals surface area (Å²) in [5.41, 5.74) is 3.72. The fourth-order valence-electron chi connectivity index (χ4n) is 2.32. The van der Waals surface area contributed by atoms with Crippen LogP contribution in [0.5, 0.6) is 0 Å². The van der Waals surface area contributed by atoms with Crippen LogP contribution in [0.4, 0.5) is 0 Å². The lowest BCUT2D eigenvalue weighted by Crippen LogP contribution is -2.24. The summed E-state index contributed by atoms with van der Waals surface area (Å²) in [5.74, 6) is -0.808. The van der Waals surface area contributed by atoms with Gasteiger partial charge in [0.15, 0.2) is 6.10 Å². The first-order chi connectivity index (χ1) is 11.9. The van der Waals surface area contributed by atoms with Crippen molar-refractivity contribution >= 4 is 17.8 Å². The lowest BCUT2D eigenvalue weighted by molar-refractivity contribution is -0.140. The van der Waals surface area contributed by atoms with Gasteiger partial charge in [0.1, 0.15) is 0 Å². The van der Waals surface area contributed by atoms with Crippen molar-refractivity contribution in [2.45, 2.75) is 26.9 Å². The third-order valence-electron chi connectivity index (χ3n) is 3.77. The Kier molecular flexibility index (Phi) is 5.86. The van der Waals surface area contributed by atoms with Gasteiger partial charge >= 0.3 is 5.97 Å². The molecule has 126 valence electrons. The predicted octanol–water partition coefficient (Wildman–Crippen LogP) is 4.00. The van der Waals surface area contributed by atoms with E-state index < -0.39 is 12.1 Å². The zero-order valence-corrected chi connectivity index (χ0v) is 14.4. The Bertz CT molecular complexity index is 858. The molecule has 25 heavy (non-hydrogen) atoms. The average molecular weight is 333 g/mol. The maximum Gasteiger partial charge on any atom is 0.331 e. The number of benzene rings is 2. The molecule has 0 aromatic heterocycles. The Morgan fingerprint density at radius 1 is 1.12 bits per heavy atom. The fourth-order valence-corrected chi connectivity index (χ4v) is 2.32. The second-order valence-electron chi connectivity index (χ2n) is 5.83. The van der Waals surface area contributed by atoms with Gasteiger partial charge in [-0.25, -0.2) is 4.79 Å². The fraction of sp³-hybridized carbons (Fsp3) is 0.190. The summed E-state index contributed by atoms with van der Waals surface area (Å²) in [6.45, 7) is 5.33. The van der Waals surface area contributed by atoms with Gasteiger partial charge in [0, 0.05) is 11.6 Å². The zero-order valence-electron chi connectivity index (χ0n) is 14.4. The summed E-state index contributed by atoms with van der Waals surface area (Å²) in [6.07, 6.45) is 1.99. The van der Waals surface area contributed by atoms with Crippen molar-refractivity contribution in [3.63, 3.8) is 0 Å². The minimum atomic E-state index is -0.862. The number of ketones is 1. The van der Waals surface area contributed by atoms with E-state index in [4.69, 9.17) is 10.00 Å². The highest BCUT2D eigenvalue weighted by Gasteiger charge is 2.20. The summed E-state index contributed by atoms with van der Waals surface area (Å²) in [6, 6.07) is 14.4. The zero-order chi connectivity index (χ0) is 18.4. The molecule has 4 nitrogen and oxygen atoms in total. The Balaban J connectivity index is 2.01. The molecular weight excluding hydrogens is 314 g/mol. The molecule has 0 N–H and O–H groups in total. The van der Waals surface area contributed by atoms with Gasteiger partial charge in [0.2, 0.25) is 5.78 Å². The minimum absolute atomic E-state index is 0.221. The summed E-state index contributed by atoms with van der Waals surface area (Å²) in [4.78, 5) is 24.4. The van der Waals surface area contributed by atoms with Crippen molar-refractivity contribution in [1.29, 1.82) is 5.26 Å². The normalized spacial score (nSPS) is 11.8. The quantitative estimate of drug-likeness (QED) is 0.471. The van der Waals surface area contributed by atoms with Crippen LogP contribution in [-0.2, 0) is 9.53 Å². The van der Waals surface area contributed by atoms with Crippen LogP contribution in [0.25, 0.3) is 6.08 Å². The van der Waals surface area contributed by atoms with E-state index in [0.29, 0.717) is 11.1 Å². The van der Waals surface area contributed by atoms with Gasteiger partial charge in [-0.05, 0) is 56.2 Å². The average Bonchev–Trinajstić information content (AvgIpc) is 2.61. The Morgan fingerprint density at radius 3 is 2.44 bits per heavy atom. The first kappa shape index (κ1) is 18.2. The number of nitriles is 1.